The van der Waals surface area contributed by atoms with Crippen LogP contribution >= 0.6 is 23.2 Å². The number of hydrogen-bond donors (Lipinski definition) is 0. The first-order valence-corrected chi connectivity index (χ1v) is 10.3. The SMILES string of the molecule is COC(=O)c1cnn2c(-c3cc(Cl)cc(Cl)c3)c(C)nc2c1C1CCC(F)(F)CC1. The van der Waals surface area contributed by atoms with E-state index in [1.54, 1.807) is 22.7 Å². The van der Waals surface area contributed by atoms with Gasteiger partial charge in [0, 0.05) is 34.0 Å². The van der Waals surface area contributed by atoms with Crippen molar-refractivity contribution < 1.29 is 18.3 Å². The fourth-order valence-corrected chi connectivity index (χ4v) is 4.66. The summed E-state index contributed by atoms with van der Waals surface area (Å²) in [5.74, 6) is -3.49. The molecule has 2 aromatic heterocycles. The smallest absolute Gasteiger partial charge is 0.339 e. The molecule has 0 spiro atoms. The van der Waals surface area contributed by atoms with Gasteiger partial charge in [-0.05, 0) is 43.9 Å². The molecule has 0 N–H and O–H groups in total. The largest absolute Gasteiger partial charge is 0.465 e. The van der Waals surface area contributed by atoms with Gasteiger partial charge in [-0.15, -0.1) is 0 Å². The Hall–Kier alpha value is -2.25. The van der Waals surface area contributed by atoms with Crippen LogP contribution in [0.15, 0.2) is 24.4 Å². The standard InChI is InChI=1S/C21H19Cl2F2N3O2/c1-11-18(13-7-14(22)9-15(23)8-13)28-19(27-11)17(16(10-26-28)20(29)30-2)12-3-5-21(24,25)6-4-12/h7-10,12H,3-6H2,1-2H3. The van der Waals surface area contributed by atoms with Crippen molar-refractivity contribution in [3.63, 3.8) is 0 Å². The van der Waals surface area contributed by atoms with Gasteiger partial charge in [0.05, 0.1) is 30.3 Å². The minimum absolute atomic E-state index is 0.233. The Bertz CT molecular complexity index is 1120. The lowest BCUT2D eigenvalue weighted by Gasteiger charge is -2.29. The van der Waals surface area contributed by atoms with E-state index in [0.29, 0.717) is 32.6 Å². The number of hydrogen-bond acceptors (Lipinski definition) is 4. The van der Waals surface area contributed by atoms with E-state index < -0.39 is 11.9 Å². The zero-order chi connectivity index (χ0) is 21.6. The summed E-state index contributed by atoms with van der Waals surface area (Å²) in [6, 6.07) is 5.13. The van der Waals surface area contributed by atoms with E-state index in [1.807, 2.05) is 6.92 Å². The lowest BCUT2D eigenvalue weighted by atomic mass is 9.81. The lowest BCUT2D eigenvalue weighted by molar-refractivity contribution is -0.0382. The molecule has 5 nitrogen and oxygen atoms in total. The molecule has 30 heavy (non-hydrogen) atoms. The molecule has 2 heterocycles. The molecule has 1 saturated carbocycles. The van der Waals surface area contributed by atoms with Crippen LogP contribution in [0.1, 0.15) is 53.2 Å². The van der Waals surface area contributed by atoms with Gasteiger partial charge in [0.15, 0.2) is 5.65 Å². The number of aryl methyl sites for hydroxylation is 1. The van der Waals surface area contributed by atoms with E-state index in [9.17, 15) is 13.6 Å². The number of nitrogens with zero attached hydrogens (tertiary/aromatic N) is 3. The van der Waals surface area contributed by atoms with Crippen LogP contribution in [0, 0.1) is 6.92 Å². The number of esters is 1. The minimum atomic E-state index is -2.68. The number of ether oxygens (including phenoxy) is 1. The molecule has 0 atom stereocenters. The number of aromatic nitrogens is 3. The molecule has 0 radical (unpaired) electrons. The van der Waals surface area contributed by atoms with Crippen LogP contribution in [0.25, 0.3) is 16.9 Å². The predicted molar refractivity (Wildman–Crippen MR) is 111 cm³/mol. The molecule has 0 saturated heterocycles. The molecule has 0 aliphatic heterocycles. The van der Waals surface area contributed by atoms with E-state index in [-0.39, 0.29) is 37.2 Å². The summed E-state index contributed by atoms with van der Waals surface area (Å²) in [6.07, 6.45) is 1.45. The minimum Gasteiger partial charge on any atom is -0.465 e. The second-order valence-corrected chi connectivity index (χ2v) is 8.41. The van der Waals surface area contributed by atoms with Gasteiger partial charge < -0.3 is 4.74 Å². The van der Waals surface area contributed by atoms with Crippen LogP contribution in [-0.2, 0) is 4.74 Å². The first kappa shape index (κ1) is 21.0. The summed E-state index contributed by atoms with van der Waals surface area (Å²) in [5.41, 5.74) is 3.35. The van der Waals surface area contributed by atoms with Gasteiger partial charge in [-0.25, -0.2) is 23.1 Å². The average Bonchev–Trinajstić information content (AvgIpc) is 3.02. The molecule has 1 aromatic carbocycles. The highest BCUT2D eigenvalue weighted by Gasteiger charge is 2.38. The van der Waals surface area contributed by atoms with Crippen LogP contribution in [0.3, 0.4) is 0 Å². The maximum atomic E-state index is 13.7. The molecular weight excluding hydrogens is 435 g/mol. The van der Waals surface area contributed by atoms with E-state index in [2.05, 4.69) is 10.1 Å². The molecule has 0 unspecified atom stereocenters. The summed E-state index contributed by atoms with van der Waals surface area (Å²) in [4.78, 5) is 17.1. The maximum Gasteiger partial charge on any atom is 0.339 e. The first-order valence-electron chi connectivity index (χ1n) is 9.51. The van der Waals surface area contributed by atoms with Crippen LogP contribution in [0.4, 0.5) is 8.78 Å². The monoisotopic (exact) mass is 453 g/mol. The molecule has 1 aliphatic rings. The number of alkyl halides is 2. The van der Waals surface area contributed by atoms with Crippen molar-refractivity contribution in [2.45, 2.75) is 44.4 Å². The Balaban J connectivity index is 1.93. The Labute approximate surface area is 182 Å². The van der Waals surface area contributed by atoms with E-state index in [4.69, 9.17) is 27.9 Å². The fraction of sp³-hybridized carbons (Fsp3) is 0.381. The summed E-state index contributed by atoms with van der Waals surface area (Å²) < 4.78 is 34.0. The van der Waals surface area contributed by atoms with Crippen LogP contribution in [0.2, 0.25) is 10.0 Å². The third kappa shape index (κ3) is 3.76. The summed E-state index contributed by atoms with van der Waals surface area (Å²) in [6.45, 7) is 1.81. The van der Waals surface area contributed by atoms with Gasteiger partial charge in [-0.3, -0.25) is 0 Å². The highest BCUT2D eigenvalue weighted by Crippen LogP contribution is 2.43. The van der Waals surface area contributed by atoms with E-state index in [1.165, 1.54) is 13.3 Å². The Morgan fingerprint density at radius 1 is 1.20 bits per heavy atom. The van der Waals surface area contributed by atoms with Crippen LogP contribution < -0.4 is 0 Å². The number of carbonyl (C=O) groups excluding carboxylic acids is 1. The van der Waals surface area contributed by atoms with Gasteiger partial charge in [0.1, 0.15) is 0 Å². The summed E-state index contributed by atoms with van der Waals surface area (Å²) in [7, 11) is 1.28. The Morgan fingerprint density at radius 3 is 2.43 bits per heavy atom. The molecule has 158 valence electrons. The Morgan fingerprint density at radius 2 is 1.83 bits per heavy atom. The second kappa shape index (κ2) is 7.78. The van der Waals surface area contributed by atoms with Crippen molar-refractivity contribution in [3.05, 3.63) is 51.3 Å². The highest BCUT2D eigenvalue weighted by molar-refractivity contribution is 6.35. The molecule has 9 heteroatoms. The van der Waals surface area contributed by atoms with E-state index in [0.717, 1.165) is 5.56 Å². The highest BCUT2D eigenvalue weighted by atomic mass is 35.5. The van der Waals surface area contributed by atoms with Gasteiger partial charge >= 0.3 is 5.97 Å². The second-order valence-electron chi connectivity index (χ2n) is 7.53. The molecular formula is C21H19Cl2F2N3O2. The number of methoxy groups -OCH3 is 1. The van der Waals surface area contributed by atoms with Gasteiger partial charge in [-0.2, -0.15) is 5.10 Å². The molecule has 1 aliphatic carbocycles. The molecule has 1 fully saturated rings. The number of halogens is 4. The topological polar surface area (TPSA) is 56.5 Å². The maximum absolute atomic E-state index is 13.7. The third-order valence-corrected chi connectivity index (χ3v) is 5.97. The lowest BCUT2D eigenvalue weighted by Crippen LogP contribution is -2.25. The van der Waals surface area contributed by atoms with Crippen molar-refractivity contribution in [1.29, 1.82) is 0 Å². The van der Waals surface area contributed by atoms with Crippen molar-refractivity contribution in [3.8, 4) is 11.3 Å². The average molecular weight is 454 g/mol. The number of benzene rings is 1. The van der Waals surface area contributed by atoms with E-state index >= 15 is 0 Å². The summed E-state index contributed by atoms with van der Waals surface area (Å²) >= 11 is 12.3. The van der Waals surface area contributed by atoms with Crippen molar-refractivity contribution in [2.75, 3.05) is 7.11 Å². The predicted octanol–water partition coefficient (Wildman–Crippen LogP) is 6.09. The van der Waals surface area contributed by atoms with Crippen LogP contribution in [-0.4, -0.2) is 33.6 Å². The molecule has 3 aromatic rings. The fourth-order valence-electron chi connectivity index (χ4n) is 4.14. The van der Waals surface area contributed by atoms with Gasteiger partial charge in [0.2, 0.25) is 5.92 Å². The molecule has 4 rings (SSSR count). The number of imidazole rings is 1. The van der Waals surface area contributed by atoms with Gasteiger partial charge in [-0.1, -0.05) is 23.2 Å². The van der Waals surface area contributed by atoms with Crippen LogP contribution in [0.5, 0.6) is 0 Å². The van der Waals surface area contributed by atoms with Crippen molar-refractivity contribution >= 4 is 34.8 Å². The zero-order valence-electron chi connectivity index (χ0n) is 16.4. The van der Waals surface area contributed by atoms with Crippen molar-refractivity contribution in [1.82, 2.24) is 14.6 Å². The quantitative estimate of drug-likeness (QED) is 0.450. The first-order chi connectivity index (χ1) is 14.2. The third-order valence-electron chi connectivity index (χ3n) is 5.53. The molecule has 0 amide bonds. The normalized spacial score (nSPS) is 16.7. The Kier molecular flexibility index (Phi) is 5.45. The number of rotatable bonds is 3. The number of carbonyl (C=O) groups is 1. The zero-order valence-corrected chi connectivity index (χ0v) is 17.9. The molecule has 0 bridgehead atoms. The van der Waals surface area contributed by atoms with Gasteiger partial charge in [0.25, 0.3) is 0 Å². The summed E-state index contributed by atoms with van der Waals surface area (Å²) in [5, 5.41) is 5.34. The van der Waals surface area contributed by atoms with Crippen molar-refractivity contribution in [2.24, 2.45) is 0 Å². The number of fused-ring (bicyclic) bond motifs is 1.